The van der Waals surface area contributed by atoms with Crippen LogP contribution in [-0.2, 0) is 11.2 Å². The Balaban J connectivity index is 1.80. The van der Waals surface area contributed by atoms with E-state index in [0.717, 1.165) is 24.9 Å². The Morgan fingerprint density at radius 2 is 1.95 bits per heavy atom. The van der Waals surface area contributed by atoms with E-state index in [1.165, 1.54) is 5.56 Å². The van der Waals surface area contributed by atoms with Crippen LogP contribution in [0, 0.1) is 5.92 Å². The van der Waals surface area contributed by atoms with Gasteiger partial charge in [0.05, 0.1) is 5.92 Å². The lowest BCUT2D eigenvalue weighted by Crippen LogP contribution is -2.36. The molecule has 1 aromatic rings. The molecule has 1 aromatic carbocycles. The predicted molar refractivity (Wildman–Crippen MR) is 81.4 cm³/mol. The fraction of sp³-hybridized carbons (Fsp3) is 0.500. The first-order chi connectivity index (χ1) is 10.1. The lowest BCUT2D eigenvalue weighted by molar-refractivity contribution is -0.141. The Morgan fingerprint density at radius 1 is 1.24 bits per heavy atom. The first kappa shape index (κ1) is 15.4. The van der Waals surface area contributed by atoms with Gasteiger partial charge in [0.25, 0.3) is 0 Å². The highest BCUT2D eigenvalue weighted by Gasteiger charge is 2.30. The first-order valence-electron chi connectivity index (χ1n) is 7.47. The number of hydrogen-bond donors (Lipinski definition) is 3. The lowest BCUT2D eigenvalue weighted by Gasteiger charge is -2.13. The second-order valence-corrected chi connectivity index (χ2v) is 5.59. The van der Waals surface area contributed by atoms with Crippen molar-refractivity contribution in [2.45, 2.75) is 45.1 Å². The first-order valence-corrected chi connectivity index (χ1v) is 7.47. The molecule has 2 atom stereocenters. The van der Waals surface area contributed by atoms with Crippen LogP contribution >= 0.6 is 0 Å². The van der Waals surface area contributed by atoms with Crippen molar-refractivity contribution in [2.24, 2.45) is 5.92 Å². The van der Waals surface area contributed by atoms with Gasteiger partial charge >= 0.3 is 12.0 Å². The Labute approximate surface area is 124 Å². The maximum atomic E-state index is 11.9. The van der Waals surface area contributed by atoms with Crippen molar-refractivity contribution in [3.63, 3.8) is 0 Å². The molecule has 0 aliphatic heterocycles. The molecule has 2 rings (SSSR count). The van der Waals surface area contributed by atoms with E-state index in [-0.39, 0.29) is 18.0 Å². The van der Waals surface area contributed by atoms with Crippen LogP contribution in [0.3, 0.4) is 0 Å². The third-order valence-electron chi connectivity index (χ3n) is 3.87. The van der Waals surface area contributed by atoms with Crippen molar-refractivity contribution < 1.29 is 14.7 Å². The summed E-state index contributed by atoms with van der Waals surface area (Å²) in [6.45, 7) is 2.13. The van der Waals surface area contributed by atoms with Gasteiger partial charge in [-0.05, 0) is 43.4 Å². The van der Waals surface area contributed by atoms with Crippen molar-refractivity contribution >= 4 is 17.7 Å². The number of benzene rings is 1. The monoisotopic (exact) mass is 290 g/mol. The highest BCUT2D eigenvalue weighted by Crippen LogP contribution is 2.25. The number of carboxylic acid groups (broad SMARTS) is 1. The van der Waals surface area contributed by atoms with Crippen LogP contribution in [0.15, 0.2) is 24.3 Å². The van der Waals surface area contributed by atoms with Gasteiger partial charge in [-0.25, -0.2) is 4.79 Å². The van der Waals surface area contributed by atoms with Gasteiger partial charge in [0, 0.05) is 11.7 Å². The Hall–Kier alpha value is -2.04. The summed E-state index contributed by atoms with van der Waals surface area (Å²) in [5.74, 6) is -1.10. The molecule has 2 amide bonds. The van der Waals surface area contributed by atoms with Crippen LogP contribution in [0.2, 0.25) is 0 Å². The maximum absolute atomic E-state index is 11.9. The topological polar surface area (TPSA) is 78.4 Å². The van der Waals surface area contributed by atoms with Gasteiger partial charge in [0.1, 0.15) is 0 Å². The Morgan fingerprint density at radius 3 is 2.52 bits per heavy atom. The molecule has 0 heterocycles. The number of aryl methyl sites for hydroxylation is 1. The van der Waals surface area contributed by atoms with Crippen molar-refractivity contribution in [1.29, 1.82) is 0 Å². The number of urea groups is 1. The van der Waals surface area contributed by atoms with Gasteiger partial charge in [-0.3, -0.25) is 4.79 Å². The van der Waals surface area contributed by atoms with Gasteiger partial charge in [-0.15, -0.1) is 0 Å². The molecule has 0 saturated heterocycles. The smallest absolute Gasteiger partial charge is 0.319 e. The normalized spacial score (nSPS) is 21.0. The minimum atomic E-state index is -0.772. The Bertz CT molecular complexity index is 499. The molecule has 0 spiro atoms. The highest BCUT2D eigenvalue weighted by molar-refractivity contribution is 5.89. The summed E-state index contributed by atoms with van der Waals surface area (Å²) in [5, 5.41) is 14.6. The number of carboxylic acids is 1. The van der Waals surface area contributed by atoms with E-state index in [0.29, 0.717) is 12.8 Å². The van der Waals surface area contributed by atoms with E-state index < -0.39 is 5.97 Å². The van der Waals surface area contributed by atoms with Gasteiger partial charge in [-0.1, -0.05) is 25.5 Å². The van der Waals surface area contributed by atoms with Gasteiger partial charge in [0.15, 0.2) is 0 Å². The molecule has 1 aliphatic carbocycles. The van der Waals surface area contributed by atoms with Crippen molar-refractivity contribution in [3.8, 4) is 0 Å². The van der Waals surface area contributed by atoms with Gasteiger partial charge < -0.3 is 15.7 Å². The summed E-state index contributed by atoms with van der Waals surface area (Å²) in [5.41, 5.74) is 2.00. The molecule has 3 N–H and O–H groups in total. The molecule has 114 valence electrons. The van der Waals surface area contributed by atoms with E-state index in [9.17, 15) is 9.59 Å². The van der Waals surface area contributed by atoms with Crippen molar-refractivity contribution in [3.05, 3.63) is 29.8 Å². The molecule has 0 unspecified atom stereocenters. The molecule has 5 heteroatoms. The summed E-state index contributed by atoms with van der Waals surface area (Å²) < 4.78 is 0. The van der Waals surface area contributed by atoms with Gasteiger partial charge in [0.2, 0.25) is 0 Å². The molecular formula is C16H22N2O3. The fourth-order valence-corrected chi connectivity index (χ4v) is 2.73. The van der Waals surface area contributed by atoms with Gasteiger partial charge in [-0.2, -0.15) is 0 Å². The number of amides is 2. The zero-order valence-electron chi connectivity index (χ0n) is 12.3. The summed E-state index contributed by atoms with van der Waals surface area (Å²) in [6.07, 6.45) is 3.99. The fourth-order valence-electron chi connectivity index (χ4n) is 2.73. The van der Waals surface area contributed by atoms with E-state index in [2.05, 4.69) is 17.6 Å². The average Bonchev–Trinajstić information content (AvgIpc) is 2.90. The number of nitrogens with one attached hydrogen (secondary N) is 2. The molecule has 1 fully saturated rings. The van der Waals surface area contributed by atoms with Crippen LogP contribution in [0.4, 0.5) is 10.5 Å². The van der Waals surface area contributed by atoms with Crippen LogP contribution in [-0.4, -0.2) is 23.1 Å². The highest BCUT2D eigenvalue weighted by atomic mass is 16.4. The molecule has 0 radical (unpaired) electrons. The third-order valence-corrected chi connectivity index (χ3v) is 3.87. The standard InChI is InChI=1S/C16H22N2O3/c1-2-3-11-4-7-13(8-5-11)17-16(21)18-14-9-6-12(10-14)15(19)20/h4-5,7-8,12,14H,2-3,6,9-10H2,1H3,(H,19,20)(H2,17,18,21)/t12-,14+/m1/s1. The lowest BCUT2D eigenvalue weighted by atomic mass is 10.1. The zero-order valence-corrected chi connectivity index (χ0v) is 12.3. The minimum Gasteiger partial charge on any atom is -0.481 e. The summed E-state index contributed by atoms with van der Waals surface area (Å²) in [6, 6.07) is 7.47. The average molecular weight is 290 g/mol. The number of anilines is 1. The second-order valence-electron chi connectivity index (χ2n) is 5.59. The molecule has 5 nitrogen and oxygen atoms in total. The van der Waals surface area contributed by atoms with Crippen LogP contribution in [0.1, 0.15) is 38.2 Å². The van der Waals surface area contributed by atoms with E-state index in [1.54, 1.807) is 0 Å². The van der Waals surface area contributed by atoms with Crippen LogP contribution < -0.4 is 10.6 Å². The maximum Gasteiger partial charge on any atom is 0.319 e. The third kappa shape index (κ3) is 4.48. The SMILES string of the molecule is CCCc1ccc(NC(=O)N[C@H]2CC[C@@H](C(=O)O)C2)cc1. The van der Waals surface area contributed by atoms with E-state index >= 15 is 0 Å². The molecule has 1 aliphatic rings. The summed E-state index contributed by atoms with van der Waals surface area (Å²) in [4.78, 5) is 22.8. The molecule has 21 heavy (non-hydrogen) atoms. The number of hydrogen-bond acceptors (Lipinski definition) is 2. The summed E-state index contributed by atoms with van der Waals surface area (Å²) >= 11 is 0. The van der Waals surface area contributed by atoms with Crippen molar-refractivity contribution in [1.82, 2.24) is 5.32 Å². The number of rotatable bonds is 5. The molecule has 1 saturated carbocycles. The number of carbonyl (C=O) groups is 2. The quantitative estimate of drug-likeness (QED) is 0.780. The zero-order chi connectivity index (χ0) is 15.2. The van der Waals surface area contributed by atoms with Crippen molar-refractivity contribution in [2.75, 3.05) is 5.32 Å². The van der Waals surface area contributed by atoms with Crippen LogP contribution in [0.25, 0.3) is 0 Å². The predicted octanol–water partition coefficient (Wildman–Crippen LogP) is 3.01. The molecule has 0 aromatic heterocycles. The van der Waals surface area contributed by atoms with Crippen LogP contribution in [0.5, 0.6) is 0 Å². The Kier molecular flexibility index (Phi) is 5.20. The molecular weight excluding hydrogens is 268 g/mol. The second kappa shape index (κ2) is 7.11. The minimum absolute atomic E-state index is 0.0505. The largest absolute Gasteiger partial charge is 0.481 e. The number of carbonyl (C=O) groups excluding carboxylic acids is 1. The summed E-state index contributed by atoms with van der Waals surface area (Å²) in [7, 11) is 0. The van der Waals surface area contributed by atoms with E-state index in [1.807, 2.05) is 24.3 Å². The van der Waals surface area contributed by atoms with E-state index in [4.69, 9.17) is 5.11 Å². The number of aliphatic carboxylic acids is 1. The molecule has 0 bridgehead atoms.